The molecule has 0 aliphatic heterocycles. The molecular formula is C11H16F3N3O. The molecule has 1 heterocycles. The second-order valence-electron chi connectivity index (χ2n) is 4.73. The highest BCUT2D eigenvalue weighted by molar-refractivity contribution is 5.05. The van der Waals surface area contributed by atoms with Crippen molar-refractivity contribution in [2.45, 2.75) is 38.1 Å². The van der Waals surface area contributed by atoms with Crippen molar-refractivity contribution in [1.82, 2.24) is 15.4 Å². The highest BCUT2D eigenvalue weighted by Gasteiger charge is 2.29. The molecule has 1 aromatic heterocycles. The Labute approximate surface area is 103 Å². The van der Waals surface area contributed by atoms with E-state index in [1.807, 2.05) is 0 Å². The number of hydrogen-bond acceptors (Lipinski definition) is 4. The quantitative estimate of drug-likeness (QED) is 0.851. The third-order valence-electron chi connectivity index (χ3n) is 2.63. The highest BCUT2D eigenvalue weighted by Crippen LogP contribution is 2.20. The molecule has 7 heteroatoms. The summed E-state index contributed by atoms with van der Waals surface area (Å²) in [6, 6.07) is 2.26. The summed E-state index contributed by atoms with van der Waals surface area (Å²) in [7, 11) is 1.40. The molecule has 0 radical (unpaired) electrons. The van der Waals surface area contributed by atoms with Gasteiger partial charge in [0.15, 0.2) is 5.76 Å². The zero-order valence-electron chi connectivity index (χ0n) is 10.1. The average molecular weight is 263 g/mol. The van der Waals surface area contributed by atoms with Crippen molar-refractivity contribution >= 4 is 0 Å². The van der Waals surface area contributed by atoms with E-state index in [1.165, 1.54) is 19.9 Å². The van der Waals surface area contributed by atoms with Crippen LogP contribution in [0.3, 0.4) is 0 Å². The maximum absolute atomic E-state index is 12.1. The van der Waals surface area contributed by atoms with Gasteiger partial charge >= 0.3 is 6.18 Å². The first kappa shape index (κ1) is 13.4. The van der Waals surface area contributed by atoms with Crippen LogP contribution in [0.5, 0.6) is 0 Å². The van der Waals surface area contributed by atoms with Gasteiger partial charge in [0.1, 0.15) is 0 Å². The molecule has 1 fully saturated rings. The summed E-state index contributed by atoms with van der Waals surface area (Å²) in [5.41, 5.74) is 0.734. The molecule has 102 valence electrons. The van der Waals surface area contributed by atoms with E-state index in [2.05, 4.69) is 10.5 Å². The highest BCUT2D eigenvalue weighted by atomic mass is 19.4. The van der Waals surface area contributed by atoms with Crippen molar-refractivity contribution in [1.29, 1.82) is 0 Å². The lowest BCUT2D eigenvalue weighted by Gasteiger charge is -2.16. The topological polar surface area (TPSA) is 41.3 Å². The molecule has 2 rings (SSSR count). The summed E-state index contributed by atoms with van der Waals surface area (Å²) in [4.78, 5) is 1.15. The van der Waals surface area contributed by atoms with Crippen LogP contribution in [-0.4, -0.2) is 35.9 Å². The van der Waals surface area contributed by atoms with E-state index in [0.29, 0.717) is 18.3 Å². The van der Waals surface area contributed by atoms with Crippen LogP contribution in [0.2, 0.25) is 0 Å². The van der Waals surface area contributed by atoms with Gasteiger partial charge in [-0.2, -0.15) is 13.2 Å². The van der Waals surface area contributed by atoms with E-state index < -0.39 is 12.7 Å². The molecule has 1 N–H and O–H groups in total. The molecule has 18 heavy (non-hydrogen) atoms. The van der Waals surface area contributed by atoms with Crippen LogP contribution in [0.25, 0.3) is 0 Å². The van der Waals surface area contributed by atoms with Gasteiger partial charge in [0.25, 0.3) is 0 Å². The molecule has 1 aliphatic rings. The first-order valence-corrected chi connectivity index (χ1v) is 5.85. The van der Waals surface area contributed by atoms with Crippen LogP contribution >= 0.6 is 0 Å². The zero-order valence-corrected chi connectivity index (χ0v) is 10.1. The summed E-state index contributed by atoms with van der Waals surface area (Å²) in [6.07, 6.45) is -1.83. The lowest BCUT2D eigenvalue weighted by Crippen LogP contribution is -2.30. The molecule has 0 saturated heterocycles. The normalized spacial score (nSPS) is 16.5. The van der Waals surface area contributed by atoms with E-state index in [-0.39, 0.29) is 6.54 Å². The van der Waals surface area contributed by atoms with Crippen molar-refractivity contribution in [3.63, 3.8) is 0 Å². The largest absolute Gasteiger partial charge is 0.401 e. The Kier molecular flexibility index (Phi) is 3.91. The Morgan fingerprint density at radius 2 is 2.22 bits per heavy atom. The third kappa shape index (κ3) is 4.66. The number of nitrogens with zero attached hydrogens (tertiary/aromatic N) is 2. The first-order chi connectivity index (χ1) is 8.42. The summed E-state index contributed by atoms with van der Waals surface area (Å²) in [5, 5.41) is 7.08. The minimum absolute atomic E-state index is 0.107. The second-order valence-corrected chi connectivity index (χ2v) is 4.73. The Morgan fingerprint density at radius 3 is 2.83 bits per heavy atom. The van der Waals surface area contributed by atoms with E-state index >= 15 is 0 Å². The fourth-order valence-electron chi connectivity index (χ4n) is 1.68. The summed E-state index contributed by atoms with van der Waals surface area (Å²) >= 11 is 0. The number of halogens is 3. The Bertz CT molecular complexity index is 387. The van der Waals surface area contributed by atoms with E-state index in [0.717, 1.165) is 10.6 Å². The van der Waals surface area contributed by atoms with Crippen molar-refractivity contribution in [2.75, 3.05) is 13.6 Å². The number of alkyl halides is 3. The molecule has 0 atom stereocenters. The van der Waals surface area contributed by atoms with Gasteiger partial charge in [-0.1, -0.05) is 5.16 Å². The van der Waals surface area contributed by atoms with Crippen LogP contribution in [0.4, 0.5) is 13.2 Å². The summed E-state index contributed by atoms with van der Waals surface area (Å²) in [6.45, 7) is -0.240. The lowest BCUT2D eigenvalue weighted by molar-refractivity contribution is -0.144. The maximum Gasteiger partial charge on any atom is 0.401 e. The molecule has 0 bridgehead atoms. The van der Waals surface area contributed by atoms with Gasteiger partial charge in [-0.05, 0) is 19.9 Å². The molecule has 1 aromatic rings. The average Bonchev–Trinajstić information content (AvgIpc) is 2.94. The van der Waals surface area contributed by atoms with Crippen molar-refractivity contribution in [3.05, 3.63) is 17.5 Å². The minimum atomic E-state index is -4.19. The molecule has 1 saturated carbocycles. The molecular weight excluding hydrogens is 247 g/mol. The van der Waals surface area contributed by atoms with Gasteiger partial charge in [-0.25, -0.2) is 0 Å². The van der Waals surface area contributed by atoms with Crippen LogP contribution in [-0.2, 0) is 13.1 Å². The van der Waals surface area contributed by atoms with Gasteiger partial charge in [0, 0.05) is 18.7 Å². The smallest absolute Gasteiger partial charge is 0.360 e. The van der Waals surface area contributed by atoms with E-state index in [1.54, 1.807) is 6.07 Å². The maximum atomic E-state index is 12.1. The van der Waals surface area contributed by atoms with Crippen LogP contribution in [0, 0.1) is 0 Å². The molecule has 0 spiro atoms. The molecule has 4 nitrogen and oxygen atoms in total. The summed E-state index contributed by atoms with van der Waals surface area (Å²) in [5.74, 6) is 0.453. The zero-order chi connectivity index (χ0) is 13.2. The predicted molar refractivity (Wildman–Crippen MR) is 58.8 cm³/mol. The van der Waals surface area contributed by atoms with Gasteiger partial charge in [0.05, 0.1) is 18.8 Å². The number of rotatable bonds is 6. The van der Waals surface area contributed by atoms with Crippen molar-refractivity contribution in [2.24, 2.45) is 0 Å². The Hall–Kier alpha value is -1.08. The Morgan fingerprint density at radius 1 is 1.50 bits per heavy atom. The van der Waals surface area contributed by atoms with Gasteiger partial charge in [-0.15, -0.1) is 0 Å². The van der Waals surface area contributed by atoms with E-state index in [4.69, 9.17) is 4.52 Å². The minimum Gasteiger partial charge on any atom is -0.360 e. The molecule has 0 amide bonds. The summed E-state index contributed by atoms with van der Waals surface area (Å²) < 4.78 is 41.4. The van der Waals surface area contributed by atoms with Gasteiger partial charge < -0.3 is 9.84 Å². The standard InChI is InChI=1S/C11H16F3N3O/c1-17(7-11(12,13)14)6-10-4-9(16-18-10)5-15-8-2-3-8/h4,8,15H,2-3,5-7H2,1H3. The number of aromatic nitrogens is 1. The van der Waals surface area contributed by atoms with Crippen molar-refractivity contribution in [3.8, 4) is 0 Å². The van der Waals surface area contributed by atoms with Gasteiger partial charge in [-0.3, -0.25) is 4.90 Å². The fraction of sp³-hybridized carbons (Fsp3) is 0.727. The number of hydrogen-bond donors (Lipinski definition) is 1. The SMILES string of the molecule is CN(Cc1cc(CNC2CC2)no1)CC(F)(F)F. The van der Waals surface area contributed by atoms with Crippen LogP contribution < -0.4 is 5.32 Å². The fourth-order valence-corrected chi connectivity index (χ4v) is 1.68. The lowest BCUT2D eigenvalue weighted by atomic mass is 10.3. The number of nitrogens with one attached hydrogen (secondary N) is 1. The van der Waals surface area contributed by atoms with Crippen molar-refractivity contribution < 1.29 is 17.7 Å². The molecule has 0 aromatic carbocycles. The first-order valence-electron chi connectivity index (χ1n) is 5.85. The van der Waals surface area contributed by atoms with Crippen LogP contribution in [0.1, 0.15) is 24.3 Å². The van der Waals surface area contributed by atoms with Crippen LogP contribution in [0.15, 0.2) is 10.6 Å². The Balaban J connectivity index is 1.77. The second kappa shape index (κ2) is 5.27. The van der Waals surface area contributed by atoms with E-state index in [9.17, 15) is 13.2 Å². The molecule has 1 aliphatic carbocycles. The van der Waals surface area contributed by atoms with Gasteiger partial charge in [0.2, 0.25) is 0 Å². The third-order valence-corrected chi connectivity index (χ3v) is 2.63. The predicted octanol–water partition coefficient (Wildman–Crippen LogP) is 1.92. The monoisotopic (exact) mass is 263 g/mol. The molecule has 0 unspecified atom stereocenters.